The quantitative estimate of drug-likeness (QED) is 0.569. The standard InChI is InChI=1S/C17H16INO4/c1-11-4-3-5-13(6-11)19-16(21)10-23-17-14(18)7-12(9-20)8-15(17)22-2/h3-9H,10H2,1-2H3,(H,19,21). The summed E-state index contributed by atoms with van der Waals surface area (Å²) in [5.74, 6) is 0.591. The van der Waals surface area contributed by atoms with Gasteiger partial charge >= 0.3 is 0 Å². The largest absolute Gasteiger partial charge is 0.493 e. The molecule has 2 rings (SSSR count). The van der Waals surface area contributed by atoms with Gasteiger partial charge in [-0.05, 0) is 59.3 Å². The number of halogens is 1. The molecule has 0 atom stereocenters. The zero-order chi connectivity index (χ0) is 16.8. The van der Waals surface area contributed by atoms with Crippen molar-refractivity contribution < 1.29 is 19.1 Å². The Kier molecular flexibility index (Phi) is 5.97. The minimum absolute atomic E-state index is 0.152. The summed E-state index contributed by atoms with van der Waals surface area (Å²) in [7, 11) is 1.49. The number of hydrogen-bond donors (Lipinski definition) is 1. The maximum Gasteiger partial charge on any atom is 0.262 e. The molecule has 1 amide bonds. The number of anilines is 1. The Morgan fingerprint density at radius 3 is 2.74 bits per heavy atom. The molecule has 0 bridgehead atoms. The van der Waals surface area contributed by atoms with Crippen LogP contribution in [0.25, 0.3) is 0 Å². The fourth-order valence-corrected chi connectivity index (χ4v) is 2.79. The van der Waals surface area contributed by atoms with Crippen LogP contribution in [0.3, 0.4) is 0 Å². The molecule has 0 aliphatic heterocycles. The van der Waals surface area contributed by atoms with E-state index in [1.165, 1.54) is 7.11 Å². The third-order valence-electron chi connectivity index (χ3n) is 3.04. The highest BCUT2D eigenvalue weighted by atomic mass is 127. The van der Waals surface area contributed by atoms with Gasteiger partial charge in [-0.2, -0.15) is 0 Å². The minimum atomic E-state index is -0.270. The van der Waals surface area contributed by atoms with Gasteiger partial charge in [0.25, 0.3) is 5.91 Å². The first-order valence-corrected chi connectivity index (χ1v) is 7.93. The van der Waals surface area contributed by atoms with Crippen LogP contribution in [0.1, 0.15) is 15.9 Å². The number of carbonyl (C=O) groups is 2. The van der Waals surface area contributed by atoms with E-state index in [-0.39, 0.29) is 12.5 Å². The number of ether oxygens (including phenoxy) is 2. The number of carbonyl (C=O) groups excluding carboxylic acids is 2. The maximum absolute atomic E-state index is 12.0. The van der Waals surface area contributed by atoms with E-state index >= 15 is 0 Å². The van der Waals surface area contributed by atoms with Crippen molar-refractivity contribution in [1.82, 2.24) is 0 Å². The molecule has 0 saturated carbocycles. The lowest BCUT2D eigenvalue weighted by molar-refractivity contribution is -0.118. The molecule has 0 aromatic heterocycles. The third-order valence-corrected chi connectivity index (χ3v) is 3.84. The van der Waals surface area contributed by atoms with Gasteiger partial charge in [0.1, 0.15) is 6.29 Å². The Balaban J connectivity index is 2.05. The third kappa shape index (κ3) is 4.69. The van der Waals surface area contributed by atoms with Gasteiger partial charge in [0, 0.05) is 11.3 Å². The van der Waals surface area contributed by atoms with Gasteiger partial charge in [-0.1, -0.05) is 12.1 Å². The Hall–Kier alpha value is -2.09. The molecule has 0 unspecified atom stereocenters. The van der Waals surface area contributed by atoms with E-state index in [1.807, 2.05) is 53.8 Å². The molecule has 5 nitrogen and oxygen atoms in total. The van der Waals surface area contributed by atoms with Crippen molar-refractivity contribution in [2.75, 3.05) is 19.0 Å². The Morgan fingerprint density at radius 2 is 2.09 bits per heavy atom. The van der Waals surface area contributed by atoms with Crippen molar-refractivity contribution in [3.05, 3.63) is 51.1 Å². The van der Waals surface area contributed by atoms with Crippen LogP contribution in [0, 0.1) is 10.5 Å². The molecule has 0 spiro atoms. The van der Waals surface area contributed by atoms with Gasteiger partial charge in [0.15, 0.2) is 18.1 Å². The minimum Gasteiger partial charge on any atom is -0.493 e. The first kappa shape index (κ1) is 17.3. The van der Waals surface area contributed by atoms with Crippen LogP contribution in [-0.4, -0.2) is 25.9 Å². The summed E-state index contributed by atoms with van der Waals surface area (Å²) in [6.45, 7) is 1.80. The number of rotatable bonds is 6. The number of aldehydes is 1. The second-order valence-corrected chi connectivity index (χ2v) is 6.02. The van der Waals surface area contributed by atoms with Gasteiger partial charge in [0.2, 0.25) is 0 Å². The zero-order valence-corrected chi connectivity index (χ0v) is 14.9. The second-order valence-electron chi connectivity index (χ2n) is 4.86. The maximum atomic E-state index is 12.0. The highest BCUT2D eigenvalue weighted by Crippen LogP contribution is 2.33. The van der Waals surface area contributed by atoms with Crippen LogP contribution in [0.2, 0.25) is 0 Å². The summed E-state index contributed by atoms with van der Waals surface area (Å²) in [5, 5.41) is 2.77. The van der Waals surface area contributed by atoms with Crippen LogP contribution in [-0.2, 0) is 4.79 Å². The Morgan fingerprint density at radius 1 is 1.30 bits per heavy atom. The predicted octanol–water partition coefficient (Wildman–Crippen LogP) is 3.44. The molecule has 6 heteroatoms. The molecule has 1 N–H and O–H groups in total. The van der Waals surface area contributed by atoms with E-state index in [2.05, 4.69) is 5.32 Å². The van der Waals surface area contributed by atoms with Gasteiger partial charge in [-0.25, -0.2) is 0 Å². The van der Waals surface area contributed by atoms with Gasteiger partial charge in [0.05, 0.1) is 10.7 Å². The van der Waals surface area contributed by atoms with Crippen molar-refractivity contribution in [3.8, 4) is 11.5 Å². The number of methoxy groups -OCH3 is 1. The number of aryl methyl sites for hydroxylation is 1. The Bertz CT molecular complexity index is 731. The summed E-state index contributed by atoms with van der Waals surface area (Å²) >= 11 is 2.04. The fraction of sp³-hybridized carbons (Fsp3) is 0.176. The molecular weight excluding hydrogens is 409 g/mol. The van der Waals surface area contributed by atoms with Crippen molar-refractivity contribution in [2.24, 2.45) is 0 Å². The molecule has 120 valence electrons. The average molecular weight is 425 g/mol. The highest BCUT2D eigenvalue weighted by Gasteiger charge is 2.13. The van der Waals surface area contributed by atoms with Crippen molar-refractivity contribution >= 4 is 40.5 Å². The molecule has 0 aliphatic carbocycles. The van der Waals surface area contributed by atoms with Crippen LogP contribution in [0.4, 0.5) is 5.69 Å². The second kappa shape index (κ2) is 7.96. The first-order chi connectivity index (χ1) is 11.0. The molecular formula is C17H16INO4. The van der Waals surface area contributed by atoms with Gasteiger partial charge < -0.3 is 14.8 Å². The van der Waals surface area contributed by atoms with Gasteiger partial charge in [-0.3, -0.25) is 9.59 Å². The van der Waals surface area contributed by atoms with E-state index in [0.717, 1.165) is 17.5 Å². The van der Waals surface area contributed by atoms with E-state index < -0.39 is 0 Å². The molecule has 2 aromatic carbocycles. The lowest BCUT2D eigenvalue weighted by Gasteiger charge is -2.13. The summed E-state index contributed by atoms with van der Waals surface area (Å²) in [4.78, 5) is 22.9. The number of benzene rings is 2. The van der Waals surface area contributed by atoms with E-state index in [1.54, 1.807) is 12.1 Å². The van der Waals surface area contributed by atoms with Crippen LogP contribution in [0.5, 0.6) is 11.5 Å². The highest BCUT2D eigenvalue weighted by molar-refractivity contribution is 14.1. The average Bonchev–Trinajstić information content (AvgIpc) is 2.52. The summed E-state index contributed by atoms with van der Waals surface area (Å²) < 4.78 is 11.5. The summed E-state index contributed by atoms with van der Waals surface area (Å²) in [6, 6.07) is 10.8. The van der Waals surface area contributed by atoms with Crippen LogP contribution in [0.15, 0.2) is 36.4 Å². The van der Waals surface area contributed by atoms with Crippen molar-refractivity contribution in [1.29, 1.82) is 0 Å². The zero-order valence-electron chi connectivity index (χ0n) is 12.8. The van der Waals surface area contributed by atoms with Gasteiger partial charge in [-0.15, -0.1) is 0 Å². The molecule has 0 radical (unpaired) electrons. The first-order valence-electron chi connectivity index (χ1n) is 6.85. The Labute approximate surface area is 148 Å². The lowest BCUT2D eigenvalue weighted by atomic mass is 10.2. The molecule has 0 saturated heterocycles. The SMILES string of the molecule is COc1cc(C=O)cc(I)c1OCC(=O)Nc1cccc(C)c1. The van der Waals surface area contributed by atoms with Crippen LogP contribution >= 0.6 is 22.6 Å². The van der Waals surface area contributed by atoms with E-state index in [9.17, 15) is 9.59 Å². The number of amides is 1. The lowest BCUT2D eigenvalue weighted by Crippen LogP contribution is -2.20. The normalized spacial score (nSPS) is 10.0. The van der Waals surface area contributed by atoms with Crippen LogP contribution < -0.4 is 14.8 Å². The summed E-state index contributed by atoms with van der Waals surface area (Å²) in [5.41, 5.74) is 2.27. The monoisotopic (exact) mass is 425 g/mol. The predicted molar refractivity (Wildman–Crippen MR) is 96.4 cm³/mol. The smallest absolute Gasteiger partial charge is 0.262 e. The van der Waals surface area contributed by atoms with Crippen molar-refractivity contribution in [2.45, 2.75) is 6.92 Å². The number of nitrogens with one attached hydrogen (secondary N) is 1. The topological polar surface area (TPSA) is 64.6 Å². The molecule has 23 heavy (non-hydrogen) atoms. The van der Waals surface area contributed by atoms with Crippen molar-refractivity contribution in [3.63, 3.8) is 0 Å². The van der Waals surface area contributed by atoms with E-state index in [0.29, 0.717) is 20.6 Å². The molecule has 2 aromatic rings. The fourth-order valence-electron chi connectivity index (χ4n) is 2.01. The van der Waals surface area contributed by atoms with E-state index in [4.69, 9.17) is 9.47 Å². The molecule has 0 heterocycles. The summed E-state index contributed by atoms with van der Waals surface area (Å²) in [6.07, 6.45) is 0.735. The molecule has 0 fully saturated rings. The molecule has 0 aliphatic rings. The number of hydrogen-bond acceptors (Lipinski definition) is 4.